The molecular formula is C17H20O3S. The molecule has 0 aromatic heterocycles. The van der Waals surface area contributed by atoms with Crippen molar-refractivity contribution in [1.29, 1.82) is 0 Å². The largest absolute Gasteiger partial charge is 0.382 e. The summed E-state index contributed by atoms with van der Waals surface area (Å²) < 4.78 is 29.3. The van der Waals surface area contributed by atoms with Crippen molar-refractivity contribution in [3.8, 4) is 5.75 Å². The molecule has 0 saturated carbocycles. The molecule has 0 bridgehead atoms. The standard InChI is InChI=1S/C17H20O3S/c1-13(2)16-7-9-17(10-8-16)20-21(18,19)12-15-6-4-5-14(3)11-15/h4-11,13H,12H2,1-3H3. The van der Waals surface area contributed by atoms with Crippen molar-refractivity contribution in [2.45, 2.75) is 32.4 Å². The summed E-state index contributed by atoms with van der Waals surface area (Å²) in [4.78, 5) is 0. The molecule has 4 heteroatoms. The molecule has 0 aliphatic rings. The van der Waals surface area contributed by atoms with E-state index in [0.717, 1.165) is 16.7 Å². The van der Waals surface area contributed by atoms with Gasteiger partial charge in [-0.05, 0) is 36.1 Å². The fraction of sp³-hybridized carbons (Fsp3) is 0.294. The van der Waals surface area contributed by atoms with Crippen LogP contribution in [0.5, 0.6) is 5.75 Å². The Kier molecular flexibility index (Phi) is 4.68. The van der Waals surface area contributed by atoms with Gasteiger partial charge in [-0.15, -0.1) is 0 Å². The molecule has 0 saturated heterocycles. The van der Waals surface area contributed by atoms with Crippen LogP contribution < -0.4 is 4.18 Å². The Morgan fingerprint density at radius 2 is 1.71 bits per heavy atom. The Morgan fingerprint density at radius 3 is 2.29 bits per heavy atom. The summed E-state index contributed by atoms with van der Waals surface area (Å²) in [6.07, 6.45) is 0. The lowest BCUT2D eigenvalue weighted by Gasteiger charge is -2.09. The van der Waals surface area contributed by atoms with E-state index in [1.807, 2.05) is 37.3 Å². The highest BCUT2D eigenvalue weighted by Crippen LogP contribution is 2.21. The Bertz CT molecular complexity index is 701. The molecule has 2 rings (SSSR count). The van der Waals surface area contributed by atoms with Crippen LogP contribution in [0.15, 0.2) is 48.5 Å². The number of hydrogen-bond donors (Lipinski definition) is 0. The zero-order valence-corrected chi connectivity index (χ0v) is 13.4. The highest BCUT2D eigenvalue weighted by molar-refractivity contribution is 7.86. The second-order valence-electron chi connectivity index (χ2n) is 5.50. The summed E-state index contributed by atoms with van der Waals surface area (Å²) in [5, 5.41) is 0. The Morgan fingerprint density at radius 1 is 1.05 bits per heavy atom. The number of hydrogen-bond acceptors (Lipinski definition) is 3. The fourth-order valence-electron chi connectivity index (χ4n) is 2.09. The van der Waals surface area contributed by atoms with Gasteiger partial charge in [0.1, 0.15) is 11.5 Å². The third-order valence-electron chi connectivity index (χ3n) is 3.20. The highest BCUT2D eigenvalue weighted by atomic mass is 32.2. The molecule has 0 fully saturated rings. The Balaban J connectivity index is 2.10. The molecule has 0 spiro atoms. The van der Waals surface area contributed by atoms with E-state index < -0.39 is 10.1 Å². The normalized spacial score (nSPS) is 11.6. The van der Waals surface area contributed by atoms with Crippen LogP contribution in [-0.4, -0.2) is 8.42 Å². The van der Waals surface area contributed by atoms with E-state index in [2.05, 4.69) is 13.8 Å². The molecule has 3 nitrogen and oxygen atoms in total. The second-order valence-corrected chi connectivity index (χ2v) is 7.07. The number of rotatable bonds is 5. The monoisotopic (exact) mass is 304 g/mol. The van der Waals surface area contributed by atoms with Crippen LogP contribution in [0.25, 0.3) is 0 Å². The van der Waals surface area contributed by atoms with Gasteiger partial charge in [-0.3, -0.25) is 0 Å². The summed E-state index contributed by atoms with van der Waals surface area (Å²) in [5.41, 5.74) is 2.91. The van der Waals surface area contributed by atoms with E-state index in [-0.39, 0.29) is 5.75 Å². The lowest BCUT2D eigenvalue weighted by molar-refractivity contribution is 0.485. The Hall–Kier alpha value is -1.81. The van der Waals surface area contributed by atoms with Crippen molar-refractivity contribution in [2.75, 3.05) is 0 Å². The van der Waals surface area contributed by atoms with Gasteiger partial charge in [0.15, 0.2) is 0 Å². The van der Waals surface area contributed by atoms with E-state index >= 15 is 0 Å². The van der Waals surface area contributed by atoms with E-state index in [1.165, 1.54) is 0 Å². The van der Waals surface area contributed by atoms with Crippen LogP contribution in [-0.2, 0) is 15.9 Å². The quantitative estimate of drug-likeness (QED) is 0.783. The van der Waals surface area contributed by atoms with E-state index in [1.54, 1.807) is 18.2 Å². The summed E-state index contributed by atoms with van der Waals surface area (Å²) in [7, 11) is -3.64. The van der Waals surface area contributed by atoms with Gasteiger partial charge in [0.25, 0.3) is 0 Å². The summed E-state index contributed by atoms with van der Waals surface area (Å²) in [6.45, 7) is 6.11. The maximum atomic E-state index is 12.1. The second kappa shape index (κ2) is 6.31. The fourth-order valence-corrected chi connectivity index (χ4v) is 3.14. The third-order valence-corrected chi connectivity index (χ3v) is 4.33. The van der Waals surface area contributed by atoms with E-state index in [9.17, 15) is 8.42 Å². The van der Waals surface area contributed by atoms with Gasteiger partial charge in [-0.1, -0.05) is 55.8 Å². The predicted molar refractivity (Wildman–Crippen MR) is 85.0 cm³/mol. The highest BCUT2D eigenvalue weighted by Gasteiger charge is 2.14. The van der Waals surface area contributed by atoms with Gasteiger partial charge in [0, 0.05) is 0 Å². The molecule has 21 heavy (non-hydrogen) atoms. The topological polar surface area (TPSA) is 43.4 Å². The van der Waals surface area contributed by atoms with Crippen molar-refractivity contribution < 1.29 is 12.6 Å². The zero-order chi connectivity index (χ0) is 15.5. The zero-order valence-electron chi connectivity index (χ0n) is 12.5. The molecule has 0 unspecified atom stereocenters. The molecule has 0 N–H and O–H groups in total. The first-order valence-electron chi connectivity index (χ1n) is 6.93. The molecule has 0 radical (unpaired) electrons. The van der Waals surface area contributed by atoms with Crippen LogP contribution in [0.4, 0.5) is 0 Å². The van der Waals surface area contributed by atoms with E-state index in [0.29, 0.717) is 11.7 Å². The van der Waals surface area contributed by atoms with Crippen molar-refractivity contribution >= 4 is 10.1 Å². The van der Waals surface area contributed by atoms with Crippen molar-refractivity contribution in [3.05, 3.63) is 65.2 Å². The van der Waals surface area contributed by atoms with Crippen molar-refractivity contribution in [2.24, 2.45) is 0 Å². The first-order chi connectivity index (χ1) is 9.85. The molecule has 0 aliphatic heterocycles. The summed E-state index contributed by atoms with van der Waals surface area (Å²) in [6, 6.07) is 14.6. The average Bonchev–Trinajstić information content (AvgIpc) is 2.38. The maximum absolute atomic E-state index is 12.1. The minimum atomic E-state index is -3.64. The van der Waals surface area contributed by atoms with Crippen LogP contribution in [0.3, 0.4) is 0 Å². The lowest BCUT2D eigenvalue weighted by atomic mass is 10.0. The molecule has 2 aromatic carbocycles. The van der Waals surface area contributed by atoms with Crippen molar-refractivity contribution in [1.82, 2.24) is 0 Å². The Labute approximate surface area is 126 Å². The molecular weight excluding hydrogens is 284 g/mol. The van der Waals surface area contributed by atoms with Crippen LogP contribution in [0, 0.1) is 6.92 Å². The van der Waals surface area contributed by atoms with Gasteiger partial charge in [0.2, 0.25) is 0 Å². The first kappa shape index (κ1) is 15.6. The smallest absolute Gasteiger partial charge is 0.313 e. The molecule has 0 aliphatic carbocycles. The van der Waals surface area contributed by atoms with Gasteiger partial charge < -0.3 is 4.18 Å². The number of aryl methyl sites for hydroxylation is 1. The minimum Gasteiger partial charge on any atom is -0.382 e. The van der Waals surface area contributed by atoms with Crippen LogP contribution in [0.1, 0.15) is 36.5 Å². The first-order valence-corrected chi connectivity index (χ1v) is 8.51. The van der Waals surface area contributed by atoms with Gasteiger partial charge in [-0.25, -0.2) is 0 Å². The third kappa shape index (κ3) is 4.60. The average molecular weight is 304 g/mol. The van der Waals surface area contributed by atoms with Crippen LogP contribution in [0.2, 0.25) is 0 Å². The van der Waals surface area contributed by atoms with E-state index in [4.69, 9.17) is 4.18 Å². The molecule has 0 atom stereocenters. The van der Waals surface area contributed by atoms with Gasteiger partial charge in [-0.2, -0.15) is 8.42 Å². The lowest BCUT2D eigenvalue weighted by Crippen LogP contribution is -2.12. The minimum absolute atomic E-state index is 0.124. The molecule has 0 amide bonds. The van der Waals surface area contributed by atoms with Gasteiger partial charge >= 0.3 is 10.1 Å². The summed E-state index contributed by atoms with van der Waals surface area (Å²) >= 11 is 0. The molecule has 112 valence electrons. The van der Waals surface area contributed by atoms with Crippen molar-refractivity contribution in [3.63, 3.8) is 0 Å². The predicted octanol–water partition coefficient (Wildman–Crippen LogP) is 4.03. The molecule has 0 heterocycles. The molecule has 2 aromatic rings. The SMILES string of the molecule is Cc1cccc(CS(=O)(=O)Oc2ccc(C(C)C)cc2)c1. The van der Waals surface area contributed by atoms with Crippen LogP contribution >= 0.6 is 0 Å². The van der Waals surface area contributed by atoms with Gasteiger partial charge in [0.05, 0.1) is 0 Å². The number of benzene rings is 2. The maximum Gasteiger partial charge on any atom is 0.313 e. The summed E-state index contributed by atoms with van der Waals surface area (Å²) in [5.74, 6) is 0.635.